The van der Waals surface area contributed by atoms with Gasteiger partial charge in [-0.25, -0.2) is 0 Å². The molecule has 21 heavy (non-hydrogen) atoms. The Morgan fingerprint density at radius 3 is 2.67 bits per heavy atom. The predicted molar refractivity (Wildman–Crippen MR) is 82.5 cm³/mol. The van der Waals surface area contributed by atoms with Gasteiger partial charge in [0.25, 0.3) is 5.91 Å². The van der Waals surface area contributed by atoms with E-state index in [2.05, 4.69) is 19.9 Å². The Labute approximate surface area is 126 Å². The van der Waals surface area contributed by atoms with E-state index in [-0.39, 0.29) is 12.5 Å². The Balaban J connectivity index is 1.85. The van der Waals surface area contributed by atoms with Crippen LogP contribution in [0.3, 0.4) is 0 Å². The second-order valence-electron chi connectivity index (χ2n) is 6.39. The molecule has 1 heterocycles. The summed E-state index contributed by atoms with van der Waals surface area (Å²) in [5, 5.41) is 9.90. The summed E-state index contributed by atoms with van der Waals surface area (Å²) in [6.07, 6.45) is 1.25. The summed E-state index contributed by atoms with van der Waals surface area (Å²) in [6, 6.07) is 7.87. The number of carbonyl (C=O) groups is 1. The standard InChI is InChI=1S/C17H25NO3/c1-13(2)14-5-4-6-15(11-14)21-12-16(19)18-9-7-17(3,20)8-10-18/h4-6,11,13,20H,7-10,12H2,1-3H3. The number of hydrogen-bond donors (Lipinski definition) is 1. The Hall–Kier alpha value is -1.55. The van der Waals surface area contributed by atoms with E-state index in [4.69, 9.17) is 4.74 Å². The van der Waals surface area contributed by atoms with Gasteiger partial charge in [-0.15, -0.1) is 0 Å². The van der Waals surface area contributed by atoms with Gasteiger partial charge in [0.05, 0.1) is 5.60 Å². The van der Waals surface area contributed by atoms with Gasteiger partial charge in [0, 0.05) is 13.1 Å². The van der Waals surface area contributed by atoms with Crippen molar-refractivity contribution in [3.05, 3.63) is 29.8 Å². The number of rotatable bonds is 4. The van der Waals surface area contributed by atoms with Crippen LogP contribution in [0.15, 0.2) is 24.3 Å². The van der Waals surface area contributed by atoms with Crippen molar-refractivity contribution in [3.8, 4) is 5.75 Å². The van der Waals surface area contributed by atoms with E-state index in [1.165, 1.54) is 5.56 Å². The highest BCUT2D eigenvalue weighted by Crippen LogP contribution is 2.22. The van der Waals surface area contributed by atoms with Gasteiger partial charge in [0.1, 0.15) is 5.75 Å². The molecule has 0 radical (unpaired) electrons. The van der Waals surface area contributed by atoms with Crippen molar-refractivity contribution < 1.29 is 14.6 Å². The lowest BCUT2D eigenvalue weighted by atomic mass is 9.94. The highest BCUT2D eigenvalue weighted by molar-refractivity contribution is 5.77. The van der Waals surface area contributed by atoms with Gasteiger partial charge in [-0.05, 0) is 43.4 Å². The SMILES string of the molecule is CC(C)c1cccc(OCC(=O)N2CCC(C)(O)CC2)c1. The van der Waals surface area contributed by atoms with Crippen LogP contribution in [0.2, 0.25) is 0 Å². The number of amides is 1. The summed E-state index contributed by atoms with van der Waals surface area (Å²) < 4.78 is 5.61. The Morgan fingerprint density at radius 2 is 2.05 bits per heavy atom. The van der Waals surface area contributed by atoms with E-state index in [1.807, 2.05) is 25.1 Å². The maximum absolute atomic E-state index is 12.1. The van der Waals surface area contributed by atoms with Crippen molar-refractivity contribution in [2.75, 3.05) is 19.7 Å². The van der Waals surface area contributed by atoms with Crippen LogP contribution in [-0.4, -0.2) is 41.2 Å². The number of carbonyl (C=O) groups excluding carboxylic acids is 1. The van der Waals surface area contributed by atoms with E-state index in [1.54, 1.807) is 4.90 Å². The van der Waals surface area contributed by atoms with Crippen LogP contribution < -0.4 is 4.74 Å². The van der Waals surface area contributed by atoms with Crippen molar-refractivity contribution in [3.63, 3.8) is 0 Å². The number of aliphatic hydroxyl groups is 1. The monoisotopic (exact) mass is 291 g/mol. The minimum Gasteiger partial charge on any atom is -0.484 e. The predicted octanol–water partition coefficient (Wildman–Crippen LogP) is 2.56. The third kappa shape index (κ3) is 4.46. The van der Waals surface area contributed by atoms with Gasteiger partial charge in [-0.1, -0.05) is 26.0 Å². The number of ether oxygens (including phenoxy) is 1. The van der Waals surface area contributed by atoms with Gasteiger partial charge >= 0.3 is 0 Å². The average molecular weight is 291 g/mol. The lowest BCUT2D eigenvalue weighted by Gasteiger charge is -2.35. The van der Waals surface area contributed by atoms with E-state index in [9.17, 15) is 9.90 Å². The molecule has 1 N–H and O–H groups in total. The molecule has 1 aliphatic heterocycles. The maximum atomic E-state index is 12.1. The summed E-state index contributed by atoms with van der Waals surface area (Å²) in [6.45, 7) is 7.34. The number of benzene rings is 1. The number of piperidine rings is 1. The van der Waals surface area contributed by atoms with E-state index in [0.29, 0.717) is 31.8 Å². The summed E-state index contributed by atoms with van der Waals surface area (Å²) in [5.41, 5.74) is 0.567. The molecule has 0 aromatic heterocycles. The summed E-state index contributed by atoms with van der Waals surface area (Å²) in [5.74, 6) is 1.16. The van der Waals surface area contributed by atoms with Crippen LogP contribution in [0.5, 0.6) is 5.75 Å². The highest BCUT2D eigenvalue weighted by atomic mass is 16.5. The maximum Gasteiger partial charge on any atom is 0.260 e. The van der Waals surface area contributed by atoms with Crippen molar-refractivity contribution in [2.45, 2.75) is 45.1 Å². The van der Waals surface area contributed by atoms with Gasteiger partial charge in [-0.2, -0.15) is 0 Å². The van der Waals surface area contributed by atoms with Gasteiger partial charge < -0.3 is 14.7 Å². The molecule has 0 spiro atoms. The Kier molecular flexibility index (Phi) is 4.88. The number of hydrogen-bond acceptors (Lipinski definition) is 3. The second kappa shape index (κ2) is 6.48. The van der Waals surface area contributed by atoms with E-state index in [0.717, 1.165) is 5.75 Å². The zero-order valence-electron chi connectivity index (χ0n) is 13.1. The van der Waals surface area contributed by atoms with Crippen LogP contribution in [-0.2, 0) is 4.79 Å². The molecule has 0 atom stereocenters. The molecule has 1 aromatic rings. The van der Waals surface area contributed by atoms with Crippen molar-refractivity contribution in [2.24, 2.45) is 0 Å². The topological polar surface area (TPSA) is 49.8 Å². The van der Waals surface area contributed by atoms with Crippen molar-refractivity contribution in [1.82, 2.24) is 4.90 Å². The second-order valence-corrected chi connectivity index (χ2v) is 6.39. The van der Waals surface area contributed by atoms with Crippen LogP contribution in [0.1, 0.15) is 45.1 Å². The molecule has 1 amide bonds. The summed E-state index contributed by atoms with van der Waals surface area (Å²) >= 11 is 0. The molecule has 0 aliphatic carbocycles. The molecule has 1 fully saturated rings. The molecule has 4 heteroatoms. The number of likely N-dealkylation sites (tertiary alicyclic amines) is 1. The van der Waals surface area contributed by atoms with Crippen LogP contribution in [0, 0.1) is 0 Å². The first-order valence-corrected chi connectivity index (χ1v) is 7.60. The first-order valence-electron chi connectivity index (χ1n) is 7.60. The molecule has 116 valence electrons. The molecule has 0 unspecified atom stereocenters. The molecule has 1 saturated heterocycles. The fourth-order valence-electron chi connectivity index (χ4n) is 2.44. The molecule has 4 nitrogen and oxygen atoms in total. The summed E-state index contributed by atoms with van der Waals surface area (Å²) in [4.78, 5) is 13.9. The normalized spacial score (nSPS) is 17.9. The fraction of sp³-hybridized carbons (Fsp3) is 0.588. The quantitative estimate of drug-likeness (QED) is 0.927. The fourth-order valence-corrected chi connectivity index (χ4v) is 2.44. The van der Waals surface area contributed by atoms with Gasteiger partial charge in [0.2, 0.25) is 0 Å². The first-order chi connectivity index (χ1) is 9.87. The number of nitrogens with zero attached hydrogens (tertiary/aromatic N) is 1. The third-order valence-electron chi connectivity index (χ3n) is 4.08. The smallest absolute Gasteiger partial charge is 0.260 e. The summed E-state index contributed by atoms with van der Waals surface area (Å²) in [7, 11) is 0. The van der Waals surface area contributed by atoms with Crippen molar-refractivity contribution in [1.29, 1.82) is 0 Å². The molecule has 1 aromatic carbocycles. The lowest BCUT2D eigenvalue weighted by Crippen LogP contribution is -2.46. The minimum absolute atomic E-state index is 0.0135. The Morgan fingerprint density at radius 1 is 1.38 bits per heavy atom. The average Bonchev–Trinajstić information content (AvgIpc) is 2.45. The van der Waals surface area contributed by atoms with Gasteiger partial charge in [0.15, 0.2) is 6.61 Å². The Bertz CT molecular complexity index is 487. The minimum atomic E-state index is -0.636. The molecular formula is C17H25NO3. The van der Waals surface area contributed by atoms with Crippen LogP contribution in [0.4, 0.5) is 0 Å². The largest absolute Gasteiger partial charge is 0.484 e. The van der Waals surface area contributed by atoms with Crippen LogP contribution in [0.25, 0.3) is 0 Å². The van der Waals surface area contributed by atoms with Crippen molar-refractivity contribution >= 4 is 5.91 Å². The molecule has 0 saturated carbocycles. The van der Waals surface area contributed by atoms with E-state index >= 15 is 0 Å². The zero-order valence-corrected chi connectivity index (χ0v) is 13.1. The van der Waals surface area contributed by atoms with Crippen LogP contribution >= 0.6 is 0 Å². The first kappa shape index (κ1) is 15.8. The lowest BCUT2D eigenvalue weighted by molar-refractivity contribution is -0.137. The third-order valence-corrected chi connectivity index (χ3v) is 4.08. The molecule has 2 rings (SSSR count). The molecular weight excluding hydrogens is 266 g/mol. The molecule has 1 aliphatic rings. The molecule has 0 bridgehead atoms. The highest BCUT2D eigenvalue weighted by Gasteiger charge is 2.29. The van der Waals surface area contributed by atoms with E-state index < -0.39 is 5.60 Å². The van der Waals surface area contributed by atoms with Gasteiger partial charge in [-0.3, -0.25) is 4.79 Å². The zero-order chi connectivity index (χ0) is 15.5.